The van der Waals surface area contributed by atoms with Gasteiger partial charge in [0.1, 0.15) is 22.8 Å². The van der Waals surface area contributed by atoms with Crippen molar-refractivity contribution in [3.8, 4) is 0 Å². The summed E-state index contributed by atoms with van der Waals surface area (Å²) in [5.74, 6) is 0.987. The number of fused-ring (bicyclic) bond motifs is 1. The second-order valence-corrected chi connectivity index (χ2v) is 8.37. The van der Waals surface area contributed by atoms with Crippen LogP contribution in [0.15, 0.2) is 52.4 Å². The number of aromatic nitrogens is 3. The van der Waals surface area contributed by atoms with Crippen LogP contribution in [0, 0.1) is 20.8 Å². The highest BCUT2D eigenvalue weighted by Crippen LogP contribution is 2.32. The summed E-state index contributed by atoms with van der Waals surface area (Å²) < 4.78 is 7.62. The summed E-state index contributed by atoms with van der Waals surface area (Å²) in [6, 6.07) is 9.28. The van der Waals surface area contributed by atoms with E-state index in [1.54, 1.807) is 18.7 Å². The maximum atomic E-state index is 12.5. The quantitative estimate of drug-likeness (QED) is 0.322. The van der Waals surface area contributed by atoms with Crippen LogP contribution in [0.25, 0.3) is 11.0 Å². The Hall–Kier alpha value is -2.77. The summed E-state index contributed by atoms with van der Waals surface area (Å²) in [6.07, 6.45) is 3.21. The molecule has 0 radical (unpaired) electrons. The molecule has 4 aromatic rings. The van der Waals surface area contributed by atoms with E-state index >= 15 is 0 Å². The van der Waals surface area contributed by atoms with Crippen LogP contribution in [0.2, 0.25) is 5.02 Å². The summed E-state index contributed by atoms with van der Waals surface area (Å²) in [6.45, 7) is 6.59. The maximum Gasteiger partial charge on any atom is 0.234 e. The molecule has 4 rings (SSSR count). The van der Waals surface area contributed by atoms with E-state index in [2.05, 4.69) is 33.7 Å². The van der Waals surface area contributed by atoms with Crippen molar-refractivity contribution in [3.05, 3.63) is 70.5 Å². The number of rotatable bonds is 6. The molecule has 1 amide bonds. The third-order valence-electron chi connectivity index (χ3n) is 5.15. The smallest absolute Gasteiger partial charge is 0.234 e. The van der Waals surface area contributed by atoms with Gasteiger partial charge >= 0.3 is 0 Å². The highest BCUT2D eigenvalue weighted by Gasteiger charge is 2.18. The zero-order valence-corrected chi connectivity index (χ0v) is 18.5. The molecular weight excluding hydrogens is 420 g/mol. The van der Waals surface area contributed by atoms with Crippen LogP contribution in [-0.2, 0) is 11.3 Å². The monoisotopic (exact) mass is 440 g/mol. The van der Waals surface area contributed by atoms with Crippen molar-refractivity contribution < 1.29 is 9.21 Å². The number of carbonyl (C=O) groups is 1. The number of amides is 1. The molecule has 0 saturated heterocycles. The topological polar surface area (TPSA) is 73.0 Å². The van der Waals surface area contributed by atoms with Gasteiger partial charge < -0.3 is 14.3 Å². The highest BCUT2D eigenvalue weighted by molar-refractivity contribution is 8.00. The van der Waals surface area contributed by atoms with E-state index in [0.29, 0.717) is 11.6 Å². The Morgan fingerprint density at radius 1 is 1.17 bits per heavy atom. The number of nitrogens with one attached hydrogen (secondary N) is 1. The molecule has 3 heterocycles. The number of hydrogen-bond acceptors (Lipinski definition) is 5. The van der Waals surface area contributed by atoms with E-state index in [1.807, 2.05) is 31.2 Å². The minimum atomic E-state index is -0.110. The van der Waals surface area contributed by atoms with Crippen molar-refractivity contribution in [1.82, 2.24) is 14.5 Å². The van der Waals surface area contributed by atoms with Crippen molar-refractivity contribution in [3.63, 3.8) is 0 Å². The van der Waals surface area contributed by atoms with Gasteiger partial charge in [-0.25, -0.2) is 9.97 Å². The normalized spacial score (nSPS) is 11.2. The van der Waals surface area contributed by atoms with Crippen LogP contribution in [0.5, 0.6) is 0 Å². The van der Waals surface area contributed by atoms with Gasteiger partial charge in [0.05, 0.1) is 23.9 Å². The molecule has 0 aliphatic carbocycles. The first-order valence-corrected chi connectivity index (χ1v) is 10.8. The standard InChI is InChI=1S/C22H21ClN4O2S/c1-13-15(3)27(10-16-6-5-9-29-16)21-20(13)22(25-12-24-21)30-11-19(28)26-18-8-4-7-17(23)14(18)2/h4-9,12H,10-11H2,1-3H3,(H,26,28). The Balaban J connectivity index is 1.56. The van der Waals surface area contributed by atoms with Gasteiger partial charge in [0.2, 0.25) is 5.91 Å². The molecule has 6 nitrogen and oxygen atoms in total. The fraction of sp³-hybridized carbons (Fsp3) is 0.227. The lowest BCUT2D eigenvalue weighted by Crippen LogP contribution is -2.15. The lowest BCUT2D eigenvalue weighted by Gasteiger charge is -2.09. The van der Waals surface area contributed by atoms with Gasteiger partial charge in [-0.05, 0) is 56.2 Å². The van der Waals surface area contributed by atoms with E-state index in [-0.39, 0.29) is 11.7 Å². The summed E-state index contributed by atoms with van der Waals surface area (Å²) in [5.41, 5.74) is 4.61. The predicted octanol–water partition coefficient (Wildman–Crippen LogP) is 5.38. The largest absolute Gasteiger partial charge is 0.467 e. The third kappa shape index (κ3) is 3.95. The molecule has 3 aromatic heterocycles. The van der Waals surface area contributed by atoms with Gasteiger partial charge in [-0.1, -0.05) is 29.4 Å². The molecule has 30 heavy (non-hydrogen) atoms. The number of benzene rings is 1. The van der Waals surface area contributed by atoms with Gasteiger partial charge in [-0.15, -0.1) is 0 Å². The van der Waals surface area contributed by atoms with Crippen molar-refractivity contribution in [2.75, 3.05) is 11.1 Å². The Labute approximate surface area is 183 Å². The van der Waals surface area contributed by atoms with Crippen molar-refractivity contribution in [2.45, 2.75) is 32.3 Å². The fourth-order valence-electron chi connectivity index (χ4n) is 3.36. The lowest BCUT2D eigenvalue weighted by molar-refractivity contribution is -0.113. The van der Waals surface area contributed by atoms with Crippen LogP contribution in [-0.4, -0.2) is 26.2 Å². The maximum absolute atomic E-state index is 12.5. The Morgan fingerprint density at radius 2 is 2.00 bits per heavy atom. The zero-order valence-electron chi connectivity index (χ0n) is 16.9. The van der Waals surface area contributed by atoms with Crippen LogP contribution >= 0.6 is 23.4 Å². The summed E-state index contributed by atoms with van der Waals surface area (Å²) in [5, 5.41) is 5.31. The van der Waals surface area contributed by atoms with E-state index < -0.39 is 0 Å². The van der Waals surface area contributed by atoms with E-state index in [1.165, 1.54) is 11.8 Å². The lowest BCUT2D eigenvalue weighted by atomic mass is 10.2. The molecule has 0 fully saturated rings. The van der Waals surface area contributed by atoms with E-state index in [9.17, 15) is 4.79 Å². The number of thioether (sulfide) groups is 1. The van der Waals surface area contributed by atoms with E-state index in [0.717, 1.165) is 44.3 Å². The van der Waals surface area contributed by atoms with Gasteiger partial charge in [-0.2, -0.15) is 0 Å². The first-order chi connectivity index (χ1) is 14.5. The number of aryl methyl sites for hydroxylation is 1. The third-order valence-corrected chi connectivity index (χ3v) is 6.55. The molecule has 8 heteroatoms. The molecule has 0 bridgehead atoms. The van der Waals surface area contributed by atoms with Gasteiger partial charge in [-0.3, -0.25) is 4.79 Å². The minimum absolute atomic E-state index is 0.110. The van der Waals surface area contributed by atoms with Gasteiger partial charge in [0, 0.05) is 16.4 Å². The second-order valence-electron chi connectivity index (χ2n) is 7.00. The first-order valence-electron chi connectivity index (χ1n) is 9.46. The molecule has 154 valence electrons. The zero-order chi connectivity index (χ0) is 21.3. The average Bonchev–Trinajstić information content (AvgIpc) is 3.33. The predicted molar refractivity (Wildman–Crippen MR) is 120 cm³/mol. The molecule has 1 N–H and O–H groups in total. The Kier molecular flexibility index (Phi) is 5.83. The molecule has 0 aliphatic heterocycles. The molecule has 0 spiro atoms. The van der Waals surface area contributed by atoms with Gasteiger partial charge in [0.15, 0.2) is 0 Å². The molecule has 1 aromatic carbocycles. The Bertz CT molecular complexity index is 1220. The first kappa shape index (κ1) is 20.5. The van der Waals surface area contributed by atoms with Crippen LogP contribution in [0.3, 0.4) is 0 Å². The number of halogens is 1. The van der Waals surface area contributed by atoms with Crippen molar-refractivity contribution in [1.29, 1.82) is 0 Å². The molecule has 0 saturated carbocycles. The van der Waals surface area contributed by atoms with Gasteiger partial charge in [0.25, 0.3) is 0 Å². The molecule has 0 aliphatic rings. The fourth-order valence-corrected chi connectivity index (χ4v) is 4.38. The number of anilines is 1. The number of nitrogens with zero attached hydrogens (tertiary/aromatic N) is 3. The van der Waals surface area contributed by atoms with Crippen molar-refractivity contribution in [2.24, 2.45) is 0 Å². The van der Waals surface area contributed by atoms with E-state index in [4.69, 9.17) is 16.0 Å². The number of carbonyl (C=O) groups excluding carboxylic acids is 1. The van der Waals surface area contributed by atoms with Crippen LogP contribution < -0.4 is 5.32 Å². The minimum Gasteiger partial charge on any atom is -0.467 e. The van der Waals surface area contributed by atoms with Crippen molar-refractivity contribution >= 4 is 46.0 Å². The number of furan rings is 1. The summed E-state index contributed by atoms with van der Waals surface area (Å²) in [4.78, 5) is 21.5. The highest BCUT2D eigenvalue weighted by atomic mass is 35.5. The summed E-state index contributed by atoms with van der Waals surface area (Å²) >= 11 is 7.54. The number of hydrogen-bond donors (Lipinski definition) is 1. The SMILES string of the molecule is Cc1c(Cl)cccc1NC(=O)CSc1ncnc2c1c(C)c(C)n2Cc1ccco1. The molecule has 0 unspecified atom stereocenters. The Morgan fingerprint density at radius 3 is 2.77 bits per heavy atom. The van der Waals surface area contributed by atoms with Crippen LogP contribution in [0.1, 0.15) is 22.6 Å². The van der Waals surface area contributed by atoms with Crippen LogP contribution in [0.4, 0.5) is 5.69 Å². The molecular formula is C22H21ClN4O2S. The molecule has 0 atom stereocenters. The summed E-state index contributed by atoms with van der Waals surface area (Å²) in [7, 11) is 0. The average molecular weight is 441 g/mol. The second kappa shape index (κ2) is 8.53.